The Morgan fingerprint density at radius 1 is 1.32 bits per heavy atom. The minimum Gasteiger partial charge on any atom is -0.395 e. The second kappa shape index (κ2) is 7.02. The van der Waals surface area contributed by atoms with Crippen LogP contribution in [0.3, 0.4) is 0 Å². The van der Waals surface area contributed by atoms with Crippen LogP contribution < -0.4 is 5.73 Å². The van der Waals surface area contributed by atoms with E-state index in [-0.39, 0.29) is 24.1 Å². The number of likely N-dealkylation sites (tertiary alicyclic amines) is 1. The maximum atomic E-state index is 9.73. The maximum absolute atomic E-state index is 9.73. The molecular formula is C15H33N3O. The molecular weight excluding hydrogens is 238 g/mol. The van der Waals surface area contributed by atoms with Crippen LogP contribution in [0.2, 0.25) is 0 Å². The van der Waals surface area contributed by atoms with E-state index in [2.05, 4.69) is 44.5 Å². The number of aliphatic hydroxyl groups excluding tert-OH is 1. The van der Waals surface area contributed by atoms with Gasteiger partial charge in [0.05, 0.1) is 6.61 Å². The molecule has 1 aliphatic rings. The third-order valence-electron chi connectivity index (χ3n) is 4.70. The van der Waals surface area contributed by atoms with Crippen molar-refractivity contribution in [3.63, 3.8) is 0 Å². The van der Waals surface area contributed by atoms with Gasteiger partial charge in [-0.2, -0.15) is 0 Å². The van der Waals surface area contributed by atoms with Gasteiger partial charge in [0.1, 0.15) is 0 Å². The molecule has 1 aliphatic heterocycles. The molecule has 0 aliphatic carbocycles. The molecule has 1 rings (SSSR count). The lowest BCUT2D eigenvalue weighted by atomic mass is 9.82. The fraction of sp³-hybridized carbons (Fsp3) is 1.00. The van der Waals surface area contributed by atoms with E-state index < -0.39 is 0 Å². The molecule has 0 spiro atoms. The number of nitrogens with zero attached hydrogens (tertiary/aromatic N) is 2. The molecule has 1 heterocycles. The second-order valence-corrected chi connectivity index (χ2v) is 6.97. The molecule has 2 unspecified atom stereocenters. The molecule has 3 N–H and O–H groups in total. The first-order chi connectivity index (χ1) is 8.81. The highest BCUT2D eigenvalue weighted by atomic mass is 16.3. The van der Waals surface area contributed by atoms with E-state index in [1.807, 2.05) is 0 Å². The zero-order chi connectivity index (χ0) is 14.6. The third-order valence-corrected chi connectivity index (χ3v) is 4.70. The van der Waals surface area contributed by atoms with Crippen molar-refractivity contribution in [1.82, 2.24) is 9.80 Å². The molecule has 2 atom stereocenters. The van der Waals surface area contributed by atoms with Gasteiger partial charge >= 0.3 is 0 Å². The summed E-state index contributed by atoms with van der Waals surface area (Å²) in [6, 6.07) is 0.596. The molecule has 0 saturated carbocycles. The number of nitrogens with two attached hydrogens (primary N) is 1. The SMILES string of the molecule is CCN1CCC(N(C)C(CO)C(N)C(C)(C)C)CC1. The highest BCUT2D eigenvalue weighted by Gasteiger charge is 2.34. The quantitative estimate of drug-likeness (QED) is 0.787. The zero-order valence-corrected chi connectivity index (χ0v) is 13.4. The van der Waals surface area contributed by atoms with Gasteiger partial charge in [0.25, 0.3) is 0 Å². The zero-order valence-electron chi connectivity index (χ0n) is 13.4. The smallest absolute Gasteiger partial charge is 0.0602 e. The van der Waals surface area contributed by atoms with Gasteiger partial charge in [0.15, 0.2) is 0 Å². The fourth-order valence-electron chi connectivity index (χ4n) is 2.99. The highest BCUT2D eigenvalue weighted by Crippen LogP contribution is 2.25. The largest absolute Gasteiger partial charge is 0.395 e. The average molecular weight is 271 g/mol. The van der Waals surface area contributed by atoms with Crippen molar-refractivity contribution in [3.8, 4) is 0 Å². The first-order valence-electron chi connectivity index (χ1n) is 7.62. The van der Waals surface area contributed by atoms with Gasteiger partial charge in [0, 0.05) is 18.1 Å². The molecule has 0 amide bonds. The van der Waals surface area contributed by atoms with E-state index in [0.717, 1.165) is 19.6 Å². The first-order valence-corrected chi connectivity index (χ1v) is 7.62. The van der Waals surface area contributed by atoms with Crippen LogP contribution in [-0.4, -0.2) is 66.3 Å². The first kappa shape index (κ1) is 16.9. The Balaban J connectivity index is 2.62. The van der Waals surface area contributed by atoms with Crippen LogP contribution in [0.5, 0.6) is 0 Å². The summed E-state index contributed by atoms with van der Waals surface area (Å²) in [4.78, 5) is 4.81. The molecule has 1 fully saturated rings. The van der Waals surface area contributed by atoms with Crippen LogP contribution in [0.25, 0.3) is 0 Å². The summed E-state index contributed by atoms with van der Waals surface area (Å²) in [6.45, 7) is 12.3. The molecule has 0 bridgehead atoms. The van der Waals surface area contributed by atoms with Gasteiger partial charge in [-0.05, 0) is 44.9 Å². The van der Waals surface area contributed by atoms with Crippen LogP contribution in [0, 0.1) is 5.41 Å². The van der Waals surface area contributed by atoms with Crippen LogP contribution in [0.1, 0.15) is 40.5 Å². The van der Waals surface area contributed by atoms with E-state index >= 15 is 0 Å². The number of hydrogen-bond donors (Lipinski definition) is 2. The Morgan fingerprint density at radius 3 is 2.21 bits per heavy atom. The molecule has 19 heavy (non-hydrogen) atoms. The molecule has 114 valence electrons. The minimum atomic E-state index is -0.00768. The lowest BCUT2D eigenvalue weighted by Gasteiger charge is -2.44. The highest BCUT2D eigenvalue weighted by molar-refractivity contribution is 4.92. The number of likely N-dealkylation sites (N-methyl/N-ethyl adjacent to an activating group) is 1. The van der Waals surface area contributed by atoms with Crippen molar-refractivity contribution < 1.29 is 5.11 Å². The van der Waals surface area contributed by atoms with Crippen molar-refractivity contribution in [3.05, 3.63) is 0 Å². The standard InChI is InChI=1S/C15H33N3O/c1-6-18-9-7-12(8-10-18)17(5)13(11-19)14(16)15(2,3)4/h12-14,19H,6-11,16H2,1-5H3. The molecule has 4 nitrogen and oxygen atoms in total. The van der Waals surface area contributed by atoms with Gasteiger partial charge in [-0.25, -0.2) is 0 Å². The Morgan fingerprint density at radius 2 is 1.84 bits per heavy atom. The molecule has 0 aromatic heterocycles. The van der Waals surface area contributed by atoms with E-state index in [4.69, 9.17) is 5.73 Å². The van der Waals surface area contributed by atoms with Crippen molar-refractivity contribution in [2.75, 3.05) is 33.3 Å². The topological polar surface area (TPSA) is 52.7 Å². The summed E-state index contributed by atoms with van der Waals surface area (Å²) >= 11 is 0. The van der Waals surface area contributed by atoms with Gasteiger partial charge in [-0.3, -0.25) is 4.90 Å². The van der Waals surface area contributed by atoms with Crippen molar-refractivity contribution in [2.24, 2.45) is 11.1 Å². The molecule has 0 radical (unpaired) electrons. The summed E-state index contributed by atoms with van der Waals surface area (Å²) in [5.74, 6) is 0. The van der Waals surface area contributed by atoms with Gasteiger partial charge < -0.3 is 15.7 Å². The van der Waals surface area contributed by atoms with Gasteiger partial charge in [-0.15, -0.1) is 0 Å². The summed E-state index contributed by atoms with van der Waals surface area (Å²) in [6.07, 6.45) is 2.36. The summed E-state index contributed by atoms with van der Waals surface area (Å²) in [7, 11) is 2.12. The van der Waals surface area contributed by atoms with Crippen molar-refractivity contribution >= 4 is 0 Å². The Labute approximate surface area is 118 Å². The Bertz CT molecular complexity index is 257. The summed E-state index contributed by atoms with van der Waals surface area (Å²) < 4.78 is 0. The van der Waals surface area contributed by atoms with E-state index in [1.165, 1.54) is 12.8 Å². The number of aliphatic hydroxyl groups is 1. The predicted octanol–water partition coefficient (Wildman–Crippen LogP) is 1.14. The Kier molecular flexibility index (Phi) is 6.24. The van der Waals surface area contributed by atoms with E-state index in [1.54, 1.807) is 0 Å². The molecule has 4 heteroatoms. The third kappa shape index (κ3) is 4.42. The maximum Gasteiger partial charge on any atom is 0.0602 e. The molecule has 0 aromatic rings. The van der Waals surface area contributed by atoms with Crippen molar-refractivity contribution in [2.45, 2.75) is 58.7 Å². The van der Waals surface area contributed by atoms with Crippen LogP contribution >= 0.6 is 0 Å². The average Bonchev–Trinajstić information content (AvgIpc) is 2.38. The Hall–Kier alpha value is -0.160. The van der Waals surface area contributed by atoms with Gasteiger partial charge in [0.2, 0.25) is 0 Å². The van der Waals surface area contributed by atoms with Crippen molar-refractivity contribution in [1.29, 1.82) is 0 Å². The second-order valence-electron chi connectivity index (χ2n) is 6.97. The van der Waals surface area contributed by atoms with E-state index in [0.29, 0.717) is 6.04 Å². The van der Waals surface area contributed by atoms with Gasteiger partial charge in [-0.1, -0.05) is 27.7 Å². The molecule has 0 aromatic carbocycles. The molecule has 1 saturated heterocycles. The van der Waals surface area contributed by atoms with Crippen LogP contribution in [0.4, 0.5) is 0 Å². The predicted molar refractivity (Wildman–Crippen MR) is 81.2 cm³/mol. The fourth-order valence-corrected chi connectivity index (χ4v) is 2.99. The number of piperidine rings is 1. The van der Waals surface area contributed by atoms with Crippen LogP contribution in [0.15, 0.2) is 0 Å². The summed E-state index contributed by atoms with van der Waals surface area (Å²) in [5, 5.41) is 9.73. The normalized spacial score (nSPS) is 22.7. The summed E-state index contributed by atoms with van der Waals surface area (Å²) in [5.41, 5.74) is 6.37. The monoisotopic (exact) mass is 271 g/mol. The number of hydrogen-bond acceptors (Lipinski definition) is 4. The van der Waals surface area contributed by atoms with E-state index in [9.17, 15) is 5.11 Å². The minimum absolute atomic E-state index is 0.00768. The number of rotatable bonds is 5. The lowest BCUT2D eigenvalue weighted by Crippen LogP contribution is -2.58. The van der Waals surface area contributed by atoms with Crippen LogP contribution in [-0.2, 0) is 0 Å². The lowest BCUT2D eigenvalue weighted by molar-refractivity contribution is 0.0354.